The van der Waals surface area contributed by atoms with Crippen LogP contribution in [0.4, 0.5) is 0 Å². The number of hydrogen-bond acceptors (Lipinski definition) is 5. The fourth-order valence-electron chi connectivity index (χ4n) is 4.18. The molecule has 0 saturated heterocycles. The number of fused-ring (bicyclic) bond motifs is 1. The van der Waals surface area contributed by atoms with E-state index in [0.29, 0.717) is 18.1 Å². The minimum Gasteiger partial charge on any atom is -0.494 e. The van der Waals surface area contributed by atoms with Gasteiger partial charge in [0.25, 0.3) is 0 Å². The third-order valence-corrected chi connectivity index (χ3v) is 5.74. The molecule has 0 spiro atoms. The van der Waals surface area contributed by atoms with Crippen molar-refractivity contribution >= 4 is 0 Å². The van der Waals surface area contributed by atoms with Crippen LogP contribution in [0.1, 0.15) is 24.0 Å². The van der Waals surface area contributed by atoms with E-state index in [1.807, 2.05) is 61.5 Å². The van der Waals surface area contributed by atoms with Crippen molar-refractivity contribution in [3.8, 4) is 40.1 Å². The average molecular weight is 434 g/mol. The van der Waals surface area contributed by atoms with Gasteiger partial charge in [-0.2, -0.15) is 5.26 Å². The second-order valence-electron chi connectivity index (χ2n) is 7.69. The number of benzene rings is 3. The van der Waals surface area contributed by atoms with Crippen LogP contribution in [0, 0.1) is 11.3 Å². The maximum Gasteiger partial charge on any atom is 0.244 e. The zero-order chi connectivity index (χ0) is 22.8. The van der Waals surface area contributed by atoms with Crippen molar-refractivity contribution in [2.24, 2.45) is 5.73 Å². The third kappa shape index (κ3) is 3.70. The van der Waals surface area contributed by atoms with Crippen molar-refractivity contribution in [2.45, 2.75) is 12.8 Å². The van der Waals surface area contributed by atoms with Gasteiger partial charge < -0.3 is 15.2 Å². The Bertz CT molecular complexity index is 1350. The number of aromatic amines is 1. The van der Waals surface area contributed by atoms with E-state index >= 15 is 0 Å². The van der Waals surface area contributed by atoms with Crippen molar-refractivity contribution in [3.05, 3.63) is 101 Å². The lowest BCUT2D eigenvalue weighted by molar-refractivity contribution is 0.340. The Morgan fingerprint density at radius 2 is 1.64 bits per heavy atom. The molecule has 0 unspecified atom stereocenters. The van der Waals surface area contributed by atoms with E-state index in [9.17, 15) is 5.26 Å². The second-order valence-corrected chi connectivity index (χ2v) is 7.69. The zero-order valence-corrected chi connectivity index (χ0v) is 18.1. The Morgan fingerprint density at radius 1 is 0.970 bits per heavy atom. The summed E-state index contributed by atoms with van der Waals surface area (Å²) in [5.74, 6) is 0.851. The molecule has 1 aliphatic rings. The number of ether oxygens (including phenoxy) is 2. The van der Waals surface area contributed by atoms with Gasteiger partial charge in [-0.15, -0.1) is 5.10 Å². The number of nitriles is 1. The number of hydrogen-bond donors (Lipinski definition) is 2. The zero-order valence-electron chi connectivity index (χ0n) is 18.1. The van der Waals surface area contributed by atoms with Gasteiger partial charge >= 0.3 is 0 Å². The SMILES string of the molecule is CCOc1ccc(-c2[nH]nc3c2[C@H](c2ccc(-c4ccccc4)cc2)C(C#N)=C(N)O3)cc1. The molecule has 0 amide bonds. The van der Waals surface area contributed by atoms with Crippen LogP contribution < -0.4 is 15.2 Å². The first-order valence-corrected chi connectivity index (χ1v) is 10.7. The molecule has 3 N–H and O–H groups in total. The van der Waals surface area contributed by atoms with E-state index in [2.05, 4.69) is 40.5 Å². The highest BCUT2D eigenvalue weighted by atomic mass is 16.5. The molecular weight excluding hydrogens is 412 g/mol. The van der Waals surface area contributed by atoms with E-state index in [1.54, 1.807) is 0 Å². The predicted molar refractivity (Wildman–Crippen MR) is 126 cm³/mol. The Kier molecular flexibility index (Phi) is 5.29. The molecule has 6 nitrogen and oxygen atoms in total. The maximum atomic E-state index is 9.93. The number of aromatic nitrogens is 2. The lowest BCUT2D eigenvalue weighted by Crippen LogP contribution is -2.21. The average Bonchev–Trinajstić information content (AvgIpc) is 3.28. The molecule has 1 aromatic heterocycles. The summed E-state index contributed by atoms with van der Waals surface area (Å²) in [4.78, 5) is 0. The summed E-state index contributed by atoms with van der Waals surface area (Å²) < 4.78 is 11.3. The monoisotopic (exact) mass is 434 g/mol. The van der Waals surface area contributed by atoms with Gasteiger partial charge in [-0.3, -0.25) is 5.10 Å². The van der Waals surface area contributed by atoms with Crippen molar-refractivity contribution in [2.75, 3.05) is 6.61 Å². The van der Waals surface area contributed by atoms with Crippen molar-refractivity contribution < 1.29 is 9.47 Å². The van der Waals surface area contributed by atoms with Crippen LogP contribution in [-0.2, 0) is 0 Å². The number of nitrogens with zero attached hydrogens (tertiary/aromatic N) is 2. The molecule has 3 aromatic carbocycles. The van der Waals surface area contributed by atoms with Crippen molar-refractivity contribution in [3.63, 3.8) is 0 Å². The molecule has 0 radical (unpaired) electrons. The number of nitrogens with two attached hydrogens (primary N) is 1. The maximum absolute atomic E-state index is 9.93. The smallest absolute Gasteiger partial charge is 0.244 e. The Labute approximate surface area is 191 Å². The lowest BCUT2D eigenvalue weighted by Gasteiger charge is -2.24. The lowest BCUT2D eigenvalue weighted by atomic mass is 9.82. The highest BCUT2D eigenvalue weighted by Gasteiger charge is 2.35. The van der Waals surface area contributed by atoms with Crippen molar-refractivity contribution in [1.29, 1.82) is 5.26 Å². The van der Waals surface area contributed by atoms with Crippen LogP contribution in [-0.4, -0.2) is 16.8 Å². The molecular formula is C27H22N4O2. The van der Waals surface area contributed by atoms with Crippen LogP contribution in [0.2, 0.25) is 0 Å². The van der Waals surface area contributed by atoms with Gasteiger partial charge in [0.2, 0.25) is 11.8 Å². The Balaban J connectivity index is 1.59. The first-order valence-electron chi connectivity index (χ1n) is 10.7. The minimum atomic E-state index is -0.399. The quantitative estimate of drug-likeness (QED) is 0.441. The van der Waals surface area contributed by atoms with Crippen LogP contribution in [0.25, 0.3) is 22.4 Å². The summed E-state index contributed by atoms with van der Waals surface area (Å²) >= 11 is 0. The molecule has 0 aliphatic carbocycles. The Morgan fingerprint density at radius 3 is 2.30 bits per heavy atom. The minimum absolute atomic E-state index is 0.0758. The molecule has 1 aliphatic heterocycles. The van der Waals surface area contributed by atoms with Gasteiger partial charge in [0.05, 0.1) is 23.8 Å². The van der Waals surface area contributed by atoms with E-state index in [0.717, 1.165) is 39.3 Å². The highest BCUT2D eigenvalue weighted by Crippen LogP contribution is 2.46. The van der Waals surface area contributed by atoms with Crippen LogP contribution in [0.3, 0.4) is 0 Å². The highest BCUT2D eigenvalue weighted by molar-refractivity contribution is 5.72. The van der Waals surface area contributed by atoms with Gasteiger partial charge in [0, 0.05) is 5.56 Å². The van der Waals surface area contributed by atoms with Gasteiger partial charge in [-0.05, 0) is 47.9 Å². The fraction of sp³-hybridized carbons (Fsp3) is 0.111. The van der Waals surface area contributed by atoms with Gasteiger partial charge in [-0.25, -0.2) is 0 Å². The standard InChI is InChI=1S/C27H22N4O2/c1-2-32-21-14-12-20(13-15-21)25-24-23(22(16-28)26(29)33-27(24)31-30-25)19-10-8-18(9-11-19)17-6-4-3-5-7-17/h3-15,23H,2,29H2,1H3,(H,30,31)/t23-/m1/s1. The van der Waals surface area contributed by atoms with Gasteiger partial charge in [0.1, 0.15) is 17.4 Å². The summed E-state index contributed by atoms with van der Waals surface area (Å²) in [5, 5.41) is 17.4. The number of rotatable bonds is 5. The number of allylic oxidation sites excluding steroid dienone is 1. The van der Waals surface area contributed by atoms with E-state index in [-0.39, 0.29) is 5.88 Å². The van der Waals surface area contributed by atoms with Crippen molar-refractivity contribution in [1.82, 2.24) is 10.2 Å². The predicted octanol–water partition coefficient (Wildman–Crippen LogP) is 5.36. The number of H-pyrrole nitrogens is 1. The molecule has 33 heavy (non-hydrogen) atoms. The summed E-state index contributed by atoms with van der Waals surface area (Å²) in [5.41, 5.74) is 12.1. The summed E-state index contributed by atoms with van der Waals surface area (Å²) in [7, 11) is 0. The molecule has 162 valence electrons. The molecule has 4 aromatic rings. The summed E-state index contributed by atoms with van der Waals surface area (Å²) in [6.07, 6.45) is 0. The van der Waals surface area contributed by atoms with Crippen LogP contribution >= 0.6 is 0 Å². The molecule has 1 atom stereocenters. The summed E-state index contributed by atoms with van der Waals surface area (Å²) in [6, 6.07) is 28.3. The van der Waals surface area contributed by atoms with Gasteiger partial charge in [-0.1, -0.05) is 54.6 Å². The largest absolute Gasteiger partial charge is 0.494 e. The number of nitrogens with one attached hydrogen (secondary N) is 1. The molecule has 0 bridgehead atoms. The fourth-order valence-corrected chi connectivity index (χ4v) is 4.18. The third-order valence-electron chi connectivity index (χ3n) is 5.74. The topological polar surface area (TPSA) is 97.0 Å². The first-order chi connectivity index (χ1) is 16.2. The van der Waals surface area contributed by atoms with E-state index < -0.39 is 5.92 Å². The van der Waals surface area contributed by atoms with E-state index in [1.165, 1.54) is 0 Å². The first kappa shape index (κ1) is 20.4. The molecule has 0 saturated carbocycles. The normalized spacial score (nSPS) is 14.8. The summed E-state index contributed by atoms with van der Waals surface area (Å²) in [6.45, 7) is 2.55. The van der Waals surface area contributed by atoms with E-state index in [4.69, 9.17) is 15.2 Å². The van der Waals surface area contributed by atoms with Crippen LogP contribution in [0.5, 0.6) is 11.6 Å². The molecule has 2 heterocycles. The molecule has 0 fully saturated rings. The van der Waals surface area contributed by atoms with Gasteiger partial charge in [0.15, 0.2) is 0 Å². The molecule has 6 heteroatoms. The second kappa shape index (κ2) is 8.56. The molecule has 5 rings (SSSR count). The Hall–Kier alpha value is -4.50. The van der Waals surface area contributed by atoms with Crippen LogP contribution in [0.15, 0.2) is 90.3 Å².